The SMILES string of the molecule is CNC1CCC(O)(c2ccc3ccccc3c2)CC1. The predicted molar refractivity (Wildman–Crippen MR) is 79.2 cm³/mol. The number of benzene rings is 2. The van der Waals surface area contributed by atoms with E-state index in [0.717, 1.165) is 31.2 Å². The van der Waals surface area contributed by atoms with E-state index in [1.165, 1.54) is 10.8 Å². The van der Waals surface area contributed by atoms with Crippen LogP contribution in [0.15, 0.2) is 42.5 Å². The molecule has 2 heteroatoms. The number of hydrogen-bond donors (Lipinski definition) is 2. The Bertz CT molecular complexity index is 570. The fourth-order valence-corrected chi connectivity index (χ4v) is 3.15. The molecule has 0 spiro atoms. The van der Waals surface area contributed by atoms with Crippen LogP contribution in [0.4, 0.5) is 0 Å². The highest BCUT2D eigenvalue weighted by molar-refractivity contribution is 5.83. The van der Waals surface area contributed by atoms with Crippen molar-refractivity contribution >= 4 is 10.8 Å². The Morgan fingerprint density at radius 2 is 1.74 bits per heavy atom. The third-order valence-corrected chi connectivity index (χ3v) is 4.51. The highest BCUT2D eigenvalue weighted by Gasteiger charge is 2.34. The third-order valence-electron chi connectivity index (χ3n) is 4.51. The molecule has 0 amide bonds. The first-order valence-electron chi connectivity index (χ1n) is 7.10. The summed E-state index contributed by atoms with van der Waals surface area (Å²) in [6.45, 7) is 0. The van der Waals surface area contributed by atoms with Crippen molar-refractivity contribution in [3.8, 4) is 0 Å². The van der Waals surface area contributed by atoms with Crippen molar-refractivity contribution in [2.24, 2.45) is 0 Å². The third kappa shape index (κ3) is 2.38. The van der Waals surface area contributed by atoms with E-state index >= 15 is 0 Å². The number of fused-ring (bicyclic) bond motifs is 1. The molecule has 0 saturated heterocycles. The summed E-state index contributed by atoms with van der Waals surface area (Å²) in [4.78, 5) is 0. The van der Waals surface area contributed by atoms with Gasteiger partial charge in [0.15, 0.2) is 0 Å². The van der Waals surface area contributed by atoms with Gasteiger partial charge in [-0.3, -0.25) is 0 Å². The van der Waals surface area contributed by atoms with E-state index in [1.807, 2.05) is 13.1 Å². The van der Waals surface area contributed by atoms with Crippen LogP contribution in [-0.2, 0) is 5.60 Å². The van der Waals surface area contributed by atoms with Gasteiger partial charge in [-0.15, -0.1) is 0 Å². The summed E-state index contributed by atoms with van der Waals surface area (Å²) in [6.07, 6.45) is 3.77. The smallest absolute Gasteiger partial charge is 0.0898 e. The molecule has 2 aromatic carbocycles. The minimum atomic E-state index is -0.641. The van der Waals surface area contributed by atoms with Crippen LogP contribution < -0.4 is 5.32 Å². The molecule has 0 atom stereocenters. The van der Waals surface area contributed by atoms with Gasteiger partial charge in [-0.1, -0.05) is 36.4 Å². The molecule has 0 unspecified atom stereocenters. The zero-order chi connectivity index (χ0) is 13.3. The molecule has 1 aliphatic rings. The second-order valence-corrected chi connectivity index (χ2v) is 5.66. The van der Waals surface area contributed by atoms with Gasteiger partial charge in [0.2, 0.25) is 0 Å². The van der Waals surface area contributed by atoms with Crippen molar-refractivity contribution in [2.45, 2.75) is 37.3 Å². The summed E-state index contributed by atoms with van der Waals surface area (Å²) in [5.74, 6) is 0. The van der Waals surface area contributed by atoms with Crippen LogP contribution in [0.2, 0.25) is 0 Å². The fourth-order valence-electron chi connectivity index (χ4n) is 3.15. The maximum Gasteiger partial charge on any atom is 0.0898 e. The summed E-state index contributed by atoms with van der Waals surface area (Å²) >= 11 is 0. The molecular weight excluding hydrogens is 234 g/mol. The summed E-state index contributed by atoms with van der Waals surface area (Å²) in [5, 5.41) is 16.6. The van der Waals surface area contributed by atoms with E-state index in [1.54, 1.807) is 0 Å². The number of rotatable bonds is 2. The lowest BCUT2D eigenvalue weighted by atomic mass is 9.77. The molecule has 3 rings (SSSR count). The fraction of sp³-hybridized carbons (Fsp3) is 0.412. The maximum atomic E-state index is 10.9. The largest absolute Gasteiger partial charge is 0.385 e. The average molecular weight is 255 g/mol. The molecule has 1 fully saturated rings. The topological polar surface area (TPSA) is 32.3 Å². The molecular formula is C17H21NO. The van der Waals surface area contributed by atoms with Crippen molar-refractivity contribution in [3.63, 3.8) is 0 Å². The Hall–Kier alpha value is -1.38. The molecule has 2 nitrogen and oxygen atoms in total. The lowest BCUT2D eigenvalue weighted by Gasteiger charge is -2.36. The zero-order valence-corrected chi connectivity index (χ0v) is 11.4. The van der Waals surface area contributed by atoms with E-state index in [-0.39, 0.29) is 0 Å². The summed E-state index contributed by atoms with van der Waals surface area (Å²) in [6, 6.07) is 15.2. The van der Waals surface area contributed by atoms with E-state index in [4.69, 9.17) is 0 Å². The van der Waals surface area contributed by atoms with Gasteiger partial charge in [-0.2, -0.15) is 0 Å². The summed E-state index contributed by atoms with van der Waals surface area (Å²) in [5.41, 5.74) is 0.429. The quantitative estimate of drug-likeness (QED) is 0.863. The Balaban J connectivity index is 1.91. The van der Waals surface area contributed by atoms with Crippen LogP contribution in [0.3, 0.4) is 0 Å². The van der Waals surface area contributed by atoms with Gasteiger partial charge in [0.05, 0.1) is 5.60 Å². The van der Waals surface area contributed by atoms with E-state index < -0.39 is 5.60 Å². The van der Waals surface area contributed by atoms with E-state index in [2.05, 4.69) is 41.7 Å². The first kappa shape index (κ1) is 12.6. The molecule has 1 aliphatic carbocycles. The van der Waals surface area contributed by atoms with Crippen LogP contribution in [0, 0.1) is 0 Å². The minimum Gasteiger partial charge on any atom is -0.385 e. The molecule has 0 radical (unpaired) electrons. The first-order valence-corrected chi connectivity index (χ1v) is 7.10. The summed E-state index contributed by atoms with van der Waals surface area (Å²) < 4.78 is 0. The van der Waals surface area contributed by atoms with Crippen LogP contribution in [0.5, 0.6) is 0 Å². The molecule has 2 aromatic rings. The van der Waals surface area contributed by atoms with Crippen LogP contribution in [0.1, 0.15) is 31.2 Å². The van der Waals surface area contributed by atoms with Gasteiger partial charge in [-0.25, -0.2) is 0 Å². The first-order chi connectivity index (χ1) is 9.21. The minimum absolute atomic E-state index is 0.556. The standard InChI is InChI=1S/C17H21NO/c1-18-16-8-10-17(19,11-9-16)15-7-6-13-4-2-3-5-14(13)12-15/h2-7,12,16,18-19H,8-11H2,1H3. The number of aliphatic hydroxyl groups is 1. The molecule has 1 saturated carbocycles. The van der Waals surface area contributed by atoms with Gasteiger partial charge < -0.3 is 10.4 Å². The molecule has 0 heterocycles. The molecule has 2 N–H and O–H groups in total. The van der Waals surface area contributed by atoms with Crippen molar-refractivity contribution in [1.29, 1.82) is 0 Å². The van der Waals surface area contributed by atoms with Gasteiger partial charge in [-0.05, 0) is 55.1 Å². The van der Waals surface area contributed by atoms with Crippen molar-refractivity contribution in [1.82, 2.24) is 5.32 Å². The second kappa shape index (κ2) is 4.95. The lowest BCUT2D eigenvalue weighted by molar-refractivity contribution is -0.00751. The van der Waals surface area contributed by atoms with Gasteiger partial charge >= 0.3 is 0 Å². The van der Waals surface area contributed by atoms with Crippen LogP contribution >= 0.6 is 0 Å². The van der Waals surface area contributed by atoms with Crippen molar-refractivity contribution in [2.75, 3.05) is 7.05 Å². The van der Waals surface area contributed by atoms with E-state index in [9.17, 15) is 5.11 Å². The Kier molecular flexibility index (Phi) is 3.29. The predicted octanol–water partition coefficient (Wildman–Crippen LogP) is 3.19. The molecule has 0 aromatic heterocycles. The average Bonchev–Trinajstić information content (AvgIpc) is 2.47. The molecule has 100 valence electrons. The van der Waals surface area contributed by atoms with Crippen molar-refractivity contribution < 1.29 is 5.11 Å². The normalized spacial score (nSPS) is 27.6. The van der Waals surface area contributed by atoms with Crippen LogP contribution in [0.25, 0.3) is 10.8 Å². The van der Waals surface area contributed by atoms with Gasteiger partial charge in [0.25, 0.3) is 0 Å². The lowest BCUT2D eigenvalue weighted by Crippen LogP contribution is -2.38. The van der Waals surface area contributed by atoms with E-state index in [0.29, 0.717) is 6.04 Å². The number of hydrogen-bond acceptors (Lipinski definition) is 2. The Morgan fingerprint density at radius 1 is 1.05 bits per heavy atom. The van der Waals surface area contributed by atoms with Gasteiger partial charge in [0, 0.05) is 6.04 Å². The second-order valence-electron chi connectivity index (χ2n) is 5.66. The summed E-state index contributed by atoms with van der Waals surface area (Å²) in [7, 11) is 2.01. The number of nitrogens with one attached hydrogen (secondary N) is 1. The van der Waals surface area contributed by atoms with Crippen molar-refractivity contribution in [3.05, 3.63) is 48.0 Å². The molecule has 0 bridgehead atoms. The molecule has 19 heavy (non-hydrogen) atoms. The zero-order valence-electron chi connectivity index (χ0n) is 11.4. The van der Waals surface area contributed by atoms with Gasteiger partial charge in [0.1, 0.15) is 0 Å². The monoisotopic (exact) mass is 255 g/mol. The highest BCUT2D eigenvalue weighted by atomic mass is 16.3. The molecule has 0 aliphatic heterocycles. The maximum absolute atomic E-state index is 10.9. The Morgan fingerprint density at radius 3 is 2.42 bits per heavy atom. The highest BCUT2D eigenvalue weighted by Crippen LogP contribution is 2.38. The van der Waals surface area contributed by atoms with Crippen LogP contribution in [-0.4, -0.2) is 18.2 Å². The Labute approximate surface area is 114 Å².